The molecule has 0 unspecified atom stereocenters. The minimum atomic E-state index is -0.429. The zero-order chi connectivity index (χ0) is 15.7. The topological polar surface area (TPSA) is 75.3 Å². The Hall–Kier alpha value is -1.50. The summed E-state index contributed by atoms with van der Waals surface area (Å²) in [5, 5.41) is 0.555. The quantitative estimate of drug-likeness (QED) is 0.559. The van der Waals surface area contributed by atoms with E-state index in [1.165, 1.54) is 18.0 Å². The van der Waals surface area contributed by atoms with Crippen LogP contribution in [-0.2, 0) is 9.53 Å². The van der Waals surface area contributed by atoms with Gasteiger partial charge in [0, 0.05) is 13.1 Å². The van der Waals surface area contributed by atoms with Crippen LogP contribution in [-0.4, -0.2) is 52.2 Å². The summed E-state index contributed by atoms with van der Waals surface area (Å²) in [5.74, 6) is -0.0185. The first-order valence-electron chi connectivity index (χ1n) is 7.25. The van der Waals surface area contributed by atoms with Crippen LogP contribution in [0.25, 0.3) is 0 Å². The lowest BCUT2D eigenvalue weighted by atomic mass is 10.3. The van der Waals surface area contributed by atoms with E-state index >= 15 is 0 Å². The minimum absolute atomic E-state index is 0.0952. The van der Waals surface area contributed by atoms with Crippen molar-refractivity contribution in [3.8, 4) is 0 Å². The molecule has 1 rings (SSSR count). The molecule has 1 amide bonds. The third-order valence-electron chi connectivity index (χ3n) is 2.72. The number of aromatic nitrogens is 2. The SMILES string of the molecule is CCCN(CCC)C(=O)CSc1ncc(C(=O)OCC)[nH]1. The summed E-state index contributed by atoms with van der Waals surface area (Å²) < 4.78 is 4.87. The molecule has 1 aromatic rings. The Kier molecular flexibility index (Phi) is 7.89. The van der Waals surface area contributed by atoms with Gasteiger partial charge >= 0.3 is 5.97 Å². The van der Waals surface area contributed by atoms with Crippen LogP contribution in [0.15, 0.2) is 11.4 Å². The summed E-state index contributed by atoms with van der Waals surface area (Å²) in [4.78, 5) is 32.4. The predicted octanol–water partition coefficient (Wildman–Crippen LogP) is 2.33. The maximum absolute atomic E-state index is 12.1. The van der Waals surface area contributed by atoms with Crippen molar-refractivity contribution < 1.29 is 14.3 Å². The van der Waals surface area contributed by atoms with Gasteiger partial charge in [0.2, 0.25) is 5.91 Å². The van der Waals surface area contributed by atoms with Gasteiger partial charge in [0.05, 0.1) is 18.6 Å². The number of carbonyl (C=O) groups is 2. The summed E-state index contributed by atoms with van der Waals surface area (Å²) in [7, 11) is 0. The molecule has 0 fully saturated rings. The van der Waals surface area contributed by atoms with Gasteiger partial charge in [-0.15, -0.1) is 0 Å². The largest absolute Gasteiger partial charge is 0.461 e. The van der Waals surface area contributed by atoms with Crippen molar-refractivity contribution in [1.29, 1.82) is 0 Å². The second-order valence-corrected chi connectivity index (χ2v) is 5.46. The number of esters is 1. The number of hydrogen-bond acceptors (Lipinski definition) is 5. The highest BCUT2D eigenvalue weighted by molar-refractivity contribution is 7.99. The van der Waals surface area contributed by atoms with E-state index in [4.69, 9.17) is 4.74 Å². The summed E-state index contributed by atoms with van der Waals surface area (Å²) >= 11 is 1.30. The number of amides is 1. The number of thioether (sulfide) groups is 1. The Bertz CT molecular complexity index is 456. The van der Waals surface area contributed by atoms with Gasteiger partial charge in [-0.2, -0.15) is 0 Å². The molecule has 0 atom stereocenters. The smallest absolute Gasteiger partial charge is 0.356 e. The first-order valence-corrected chi connectivity index (χ1v) is 8.23. The lowest BCUT2D eigenvalue weighted by Gasteiger charge is -2.20. The summed E-state index contributed by atoms with van der Waals surface area (Å²) in [6.45, 7) is 7.74. The normalized spacial score (nSPS) is 10.4. The van der Waals surface area contributed by atoms with Gasteiger partial charge in [0.25, 0.3) is 0 Å². The third kappa shape index (κ3) is 5.79. The second-order valence-electron chi connectivity index (χ2n) is 4.49. The van der Waals surface area contributed by atoms with E-state index in [2.05, 4.69) is 23.8 Å². The van der Waals surface area contributed by atoms with Crippen molar-refractivity contribution in [3.63, 3.8) is 0 Å². The van der Waals surface area contributed by atoms with Crippen molar-refractivity contribution in [2.75, 3.05) is 25.4 Å². The van der Waals surface area contributed by atoms with E-state index in [1.807, 2.05) is 4.90 Å². The van der Waals surface area contributed by atoms with Gasteiger partial charge in [0.1, 0.15) is 5.69 Å². The first-order chi connectivity index (χ1) is 10.1. The summed E-state index contributed by atoms with van der Waals surface area (Å²) in [6, 6.07) is 0. The average Bonchev–Trinajstić information content (AvgIpc) is 2.94. The van der Waals surface area contributed by atoms with Crippen LogP contribution in [0.3, 0.4) is 0 Å². The van der Waals surface area contributed by atoms with Gasteiger partial charge in [-0.25, -0.2) is 9.78 Å². The number of hydrogen-bond donors (Lipinski definition) is 1. The van der Waals surface area contributed by atoms with Crippen molar-refractivity contribution in [2.24, 2.45) is 0 Å². The Morgan fingerprint density at radius 2 is 1.95 bits per heavy atom. The highest BCUT2D eigenvalue weighted by atomic mass is 32.2. The lowest BCUT2D eigenvalue weighted by Crippen LogP contribution is -2.33. The number of imidazole rings is 1. The zero-order valence-electron chi connectivity index (χ0n) is 12.8. The second kappa shape index (κ2) is 9.44. The van der Waals surface area contributed by atoms with Gasteiger partial charge in [-0.3, -0.25) is 4.79 Å². The van der Waals surface area contributed by atoms with Crippen LogP contribution in [0.2, 0.25) is 0 Å². The summed E-state index contributed by atoms with van der Waals surface area (Å²) in [6.07, 6.45) is 3.33. The van der Waals surface area contributed by atoms with Crippen LogP contribution in [0, 0.1) is 0 Å². The molecule has 0 aromatic carbocycles. The molecule has 1 N–H and O–H groups in total. The molecule has 0 aliphatic carbocycles. The number of aromatic amines is 1. The molecule has 0 spiro atoms. The van der Waals surface area contributed by atoms with Crippen LogP contribution in [0.1, 0.15) is 44.1 Å². The van der Waals surface area contributed by atoms with Gasteiger partial charge in [-0.05, 0) is 19.8 Å². The first kappa shape index (κ1) is 17.6. The van der Waals surface area contributed by atoms with Crippen LogP contribution in [0.5, 0.6) is 0 Å². The van der Waals surface area contributed by atoms with Gasteiger partial charge in [0.15, 0.2) is 5.16 Å². The van der Waals surface area contributed by atoms with Crippen LogP contribution in [0.4, 0.5) is 0 Å². The van der Waals surface area contributed by atoms with Crippen molar-refractivity contribution in [2.45, 2.75) is 38.8 Å². The van der Waals surface area contributed by atoms with Crippen molar-refractivity contribution in [1.82, 2.24) is 14.9 Å². The molecule has 0 radical (unpaired) electrons. The number of rotatable bonds is 9. The molecule has 0 saturated heterocycles. The average molecular weight is 313 g/mol. The Balaban J connectivity index is 2.50. The molecular formula is C14H23N3O3S. The lowest BCUT2D eigenvalue weighted by molar-refractivity contribution is -0.128. The van der Waals surface area contributed by atoms with E-state index in [9.17, 15) is 9.59 Å². The molecule has 118 valence electrons. The monoisotopic (exact) mass is 313 g/mol. The van der Waals surface area contributed by atoms with E-state index in [-0.39, 0.29) is 5.91 Å². The maximum atomic E-state index is 12.1. The van der Waals surface area contributed by atoms with Crippen LogP contribution >= 0.6 is 11.8 Å². The van der Waals surface area contributed by atoms with E-state index in [0.29, 0.717) is 23.2 Å². The molecule has 21 heavy (non-hydrogen) atoms. The number of nitrogens with one attached hydrogen (secondary N) is 1. The van der Waals surface area contributed by atoms with Gasteiger partial charge < -0.3 is 14.6 Å². The molecule has 6 nitrogen and oxygen atoms in total. The number of nitrogens with zero attached hydrogens (tertiary/aromatic N) is 2. The number of carbonyl (C=O) groups excluding carboxylic acids is 2. The zero-order valence-corrected chi connectivity index (χ0v) is 13.7. The van der Waals surface area contributed by atoms with Crippen molar-refractivity contribution >= 4 is 23.6 Å². The standard InChI is InChI=1S/C14H23N3O3S/c1-4-7-17(8-5-2)12(18)10-21-14-15-9-11(16-14)13(19)20-6-3/h9H,4-8,10H2,1-3H3,(H,15,16). The Labute approximate surface area is 129 Å². The number of ether oxygens (including phenoxy) is 1. The van der Waals surface area contributed by atoms with E-state index < -0.39 is 5.97 Å². The minimum Gasteiger partial charge on any atom is -0.461 e. The third-order valence-corrected chi connectivity index (χ3v) is 3.59. The van der Waals surface area contributed by atoms with E-state index in [0.717, 1.165) is 25.9 Å². The molecule has 0 aliphatic rings. The fraction of sp³-hybridized carbons (Fsp3) is 0.643. The fourth-order valence-electron chi connectivity index (χ4n) is 1.81. The molecular weight excluding hydrogens is 290 g/mol. The number of H-pyrrole nitrogens is 1. The van der Waals surface area contributed by atoms with Crippen molar-refractivity contribution in [3.05, 3.63) is 11.9 Å². The molecule has 1 heterocycles. The Morgan fingerprint density at radius 3 is 2.52 bits per heavy atom. The predicted molar refractivity (Wildman–Crippen MR) is 82.4 cm³/mol. The summed E-state index contributed by atoms with van der Waals surface area (Å²) in [5.41, 5.74) is 0.311. The molecule has 1 aromatic heterocycles. The fourth-order valence-corrected chi connectivity index (χ4v) is 2.56. The van der Waals surface area contributed by atoms with Crippen LogP contribution < -0.4 is 0 Å². The highest BCUT2D eigenvalue weighted by Gasteiger charge is 2.15. The highest BCUT2D eigenvalue weighted by Crippen LogP contribution is 2.15. The molecule has 7 heteroatoms. The molecule has 0 aliphatic heterocycles. The molecule has 0 saturated carbocycles. The maximum Gasteiger partial charge on any atom is 0.356 e. The molecule has 0 bridgehead atoms. The van der Waals surface area contributed by atoms with E-state index in [1.54, 1.807) is 6.92 Å². The Morgan fingerprint density at radius 1 is 1.29 bits per heavy atom. The van der Waals surface area contributed by atoms with Gasteiger partial charge in [-0.1, -0.05) is 25.6 Å².